The van der Waals surface area contributed by atoms with Crippen molar-refractivity contribution in [1.29, 1.82) is 0 Å². The maximum absolute atomic E-state index is 11.1. The highest BCUT2D eigenvalue weighted by molar-refractivity contribution is 6.04. The SMILES string of the molecule is COc1ccc2c(C(N)=O)nccc2c1. The molecule has 4 heteroatoms. The van der Waals surface area contributed by atoms with Crippen molar-refractivity contribution in [3.8, 4) is 5.75 Å². The second kappa shape index (κ2) is 3.57. The molecule has 2 N–H and O–H groups in total. The molecule has 1 amide bonds. The van der Waals surface area contributed by atoms with Crippen LogP contribution in [0.5, 0.6) is 5.75 Å². The molecule has 0 saturated carbocycles. The summed E-state index contributed by atoms with van der Waals surface area (Å²) in [7, 11) is 1.59. The molecule has 0 unspecified atom stereocenters. The topological polar surface area (TPSA) is 65.2 Å². The molecule has 0 bridgehead atoms. The van der Waals surface area contributed by atoms with Crippen molar-refractivity contribution < 1.29 is 9.53 Å². The number of hydrogen-bond acceptors (Lipinski definition) is 3. The molecule has 0 atom stereocenters. The number of carbonyl (C=O) groups is 1. The van der Waals surface area contributed by atoms with Gasteiger partial charge in [-0.15, -0.1) is 0 Å². The van der Waals surface area contributed by atoms with Crippen LogP contribution >= 0.6 is 0 Å². The first kappa shape index (κ1) is 9.45. The van der Waals surface area contributed by atoms with Crippen LogP contribution in [0.1, 0.15) is 10.5 Å². The molecule has 0 aliphatic rings. The van der Waals surface area contributed by atoms with Crippen LogP contribution in [0.3, 0.4) is 0 Å². The van der Waals surface area contributed by atoms with Gasteiger partial charge in [0.15, 0.2) is 0 Å². The molecule has 1 aromatic heterocycles. The molecule has 0 aliphatic carbocycles. The van der Waals surface area contributed by atoms with Gasteiger partial charge in [-0.25, -0.2) is 0 Å². The number of nitrogens with two attached hydrogens (primary N) is 1. The van der Waals surface area contributed by atoms with Gasteiger partial charge in [-0.1, -0.05) is 0 Å². The Kier molecular flexibility index (Phi) is 2.25. The number of hydrogen-bond donors (Lipinski definition) is 1. The third kappa shape index (κ3) is 1.61. The predicted octanol–water partition coefficient (Wildman–Crippen LogP) is 1.34. The number of carbonyl (C=O) groups excluding carboxylic acids is 1. The highest BCUT2D eigenvalue weighted by Crippen LogP contribution is 2.21. The second-order valence-corrected chi connectivity index (χ2v) is 3.11. The minimum absolute atomic E-state index is 0.287. The van der Waals surface area contributed by atoms with E-state index in [9.17, 15) is 4.79 Å². The van der Waals surface area contributed by atoms with Crippen molar-refractivity contribution in [2.75, 3.05) is 7.11 Å². The fraction of sp³-hybridized carbons (Fsp3) is 0.0909. The number of methoxy groups -OCH3 is 1. The molecule has 2 aromatic rings. The minimum Gasteiger partial charge on any atom is -0.497 e. The minimum atomic E-state index is -0.522. The molecule has 0 radical (unpaired) electrons. The summed E-state index contributed by atoms with van der Waals surface area (Å²) in [6.07, 6.45) is 1.56. The van der Waals surface area contributed by atoms with E-state index in [1.54, 1.807) is 25.4 Å². The summed E-state index contributed by atoms with van der Waals surface area (Å²) >= 11 is 0. The molecule has 0 spiro atoms. The fourth-order valence-electron chi connectivity index (χ4n) is 1.48. The number of aromatic nitrogens is 1. The summed E-state index contributed by atoms with van der Waals surface area (Å²) in [5.41, 5.74) is 5.50. The Hall–Kier alpha value is -2.10. The molecular formula is C11H10N2O2. The summed E-state index contributed by atoms with van der Waals surface area (Å²) < 4.78 is 5.09. The van der Waals surface area contributed by atoms with E-state index in [0.29, 0.717) is 0 Å². The van der Waals surface area contributed by atoms with Gasteiger partial charge in [0.1, 0.15) is 11.4 Å². The van der Waals surface area contributed by atoms with E-state index in [1.807, 2.05) is 12.1 Å². The normalized spacial score (nSPS) is 10.2. The van der Waals surface area contributed by atoms with Crippen LogP contribution in [0.2, 0.25) is 0 Å². The van der Waals surface area contributed by atoms with Crippen LogP contribution in [0.25, 0.3) is 10.8 Å². The molecule has 15 heavy (non-hydrogen) atoms. The number of fused-ring (bicyclic) bond motifs is 1. The van der Waals surface area contributed by atoms with Crippen molar-refractivity contribution >= 4 is 16.7 Å². The van der Waals surface area contributed by atoms with E-state index in [4.69, 9.17) is 10.5 Å². The van der Waals surface area contributed by atoms with Gasteiger partial charge in [-0.3, -0.25) is 9.78 Å². The van der Waals surface area contributed by atoms with Crippen LogP contribution in [0.4, 0.5) is 0 Å². The van der Waals surface area contributed by atoms with E-state index in [-0.39, 0.29) is 5.69 Å². The summed E-state index contributed by atoms with van der Waals surface area (Å²) in [6, 6.07) is 7.20. The van der Waals surface area contributed by atoms with Gasteiger partial charge in [-0.2, -0.15) is 0 Å². The average Bonchev–Trinajstić information content (AvgIpc) is 2.27. The quantitative estimate of drug-likeness (QED) is 0.799. The van der Waals surface area contributed by atoms with Gasteiger partial charge in [0.05, 0.1) is 7.11 Å². The number of benzene rings is 1. The van der Waals surface area contributed by atoms with E-state index < -0.39 is 5.91 Å². The molecule has 1 aromatic carbocycles. The third-order valence-corrected chi connectivity index (χ3v) is 2.20. The van der Waals surface area contributed by atoms with Crippen molar-refractivity contribution in [3.05, 3.63) is 36.2 Å². The average molecular weight is 202 g/mol. The Bertz CT molecular complexity index is 523. The van der Waals surface area contributed by atoms with Crippen LogP contribution in [0.15, 0.2) is 30.5 Å². The molecular weight excluding hydrogens is 192 g/mol. The first-order valence-corrected chi connectivity index (χ1v) is 4.45. The van der Waals surface area contributed by atoms with Crippen molar-refractivity contribution in [2.45, 2.75) is 0 Å². The maximum atomic E-state index is 11.1. The Balaban J connectivity index is 2.72. The van der Waals surface area contributed by atoms with Crippen molar-refractivity contribution in [3.63, 3.8) is 0 Å². The summed E-state index contributed by atoms with van der Waals surface area (Å²) in [6.45, 7) is 0. The highest BCUT2D eigenvalue weighted by Gasteiger charge is 2.07. The molecule has 0 aliphatic heterocycles. The number of nitrogens with zero attached hydrogens (tertiary/aromatic N) is 1. The van der Waals surface area contributed by atoms with Crippen LogP contribution in [-0.2, 0) is 0 Å². The first-order chi connectivity index (χ1) is 7.22. The van der Waals surface area contributed by atoms with E-state index in [1.165, 1.54) is 0 Å². The third-order valence-electron chi connectivity index (χ3n) is 2.20. The molecule has 76 valence electrons. The molecule has 2 rings (SSSR count). The summed E-state index contributed by atoms with van der Waals surface area (Å²) in [5, 5.41) is 1.63. The van der Waals surface area contributed by atoms with E-state index in [2.05, 4.69) is 4.98 Å². The first-order valence-electron chi connectivity index (χ1n) is 4.45. The van der Waals surface area contributed by atoms with Crippen LogP contribution < -0.4 is 10.5 Å². The molecule has 0 saturated heterocycles. The zero-order valence-corrected chi connectivity index (χ0v) is 8.23. The van der Waals surface area contributed by atoms with Gasteiger partial charge in [-0.05, 0) is 29.7 Å². The predicted molar refractivity (Wildman–Crippen MR) is 56.8 cm³/mol. The molecule has 4 nitrogen and oxygen atoms in total. The zero-order valence-electron chi connectivity index (χ0n) is 8.23. The summed E-state index contributed by atoms with van der Waals surface area (Å²) in [5.74, 6) is 0.217. The fourth-order valence-corrected chi connectivity index (χ4v) is 1.48. The van der Waals surface area contributed by atoms with Gasteiger partial charge >= 0.3 is 0 Å². The monoisotopic (exact) mass is 202 g/mol. The largest absolute Gasteiger partial charge is 0.497 e. The van der Waals surface area contributed by atoms with Crippen LogP contribution in [0, 0.1) is 0 Å². The lowest BCUT2D eigenvalue weighted by molar-refractivity contribution is 0.0997. The number of amides is 1. The van der Waals surface area contributed by atoms with Gasteiger partial charge in [0, 0.05) is 11.6 Å². The number of pyridine rings is 1. The lowest BCUT2D eigenvalue weighted by Crippen LogP contribution is -2.13. The lowest BCUT2D eigenvalue weighted by Gasteiger charge is -2.04. The Morgan fingerprint density at radius 3 is 2.87 bits per heavy atom. The van der Waals surface area contributed by atoms with Crippen molar-refractivity contribution in [1.82, 2.24) is 4.98 Å². The molecule has 1 heterocycles. The van der Waals surface area contributed by atoms with Crippen molar-refractivity contribution in [2.24, 2.45) is 5.73 Å². The number of ether oxygens (including phenoxy) is 1. The second-order valence-electron chi connectivity index (χ2n) is 3.11. The van der Waals surface area contributed by atoms with Gasteiger partial charge < -0.3 is 10.5 Å². The molecule has 0 fully saturated rings. The smallest absolute Gasteiger partial charge is 0.267 e. The van der Waals surface area contributed by atoms with Gasteiger partial charge in [0.25, 0.3) is 5.91 Å². The zero-order chi connectivity index (χ0) is 10.8. The summed E-state index contributed by atoms with van der Waals surface area (Å²) in [4.78, 5) is 15.0. The standard InChI is InChI=1S/C11H10N2O2/c1-15-8-2-3-9-7(6-8)4-5-13-10(9)11(12)14/h2-6H,1H3,(H2,12,14). The van der Waals surface area contributed by atoms with E-state index >= 15 is 0 Å². The Labute approximate surface area is 86.7 Å². The van der Waals surface area contributed by atoms with Crippen LogP contribution in [-0.4, -0.2) is 18.0 Å². The van der Waals surface area contributed by atoms with Gasteiger partial charge in [0.2, 0.25) is 0 Å². The van der Waals surface area contributed by atoms with E-state index in [0.717, 1.165) is 16.5 Å². The number of rotatable bonds is 2. The lowest BCUT2D eigenvalue weighted by atomic mass is 10.1. The highest BCUT2D eigenvalue weighted by atomic mass is 16.5. The Morgan fingerprint density at radius 2 is 2.20 bits per heavy atom. The maximum Gasteiger partial charge on any atom is 0.267 e. The number of primary amides is 1. The Morgan fingerprint density at radius 1 is 1.40 bits per heavy atom.